The highest BCUT2D eigenvalue weighted by Gasteiger charge is 2.20. The highest BCUT2D eigenvalue weighted by Crippen LogP contribution is 2.24. The summed E-state index contributed by atoms with van der Waals surface area (Å²) in [6, 6.07) is 8.61. The first kappa shape index (κ1) is 15.6. The van der Waals surface area contributed by atoms with Crippen molar-refractivity contribution < 1.29 is 4.74 Å². The lowest BCUT2D eigenvalue weighted by atomic mass is 10.00. The minimum atomic E-state index is 0.0749. The molecule has 2 unspecified atom stereocenters. The van der Waals surface area contributed by atoms with Crippen LogP contribution in [0.5, 0.6) is 0 Å². The molecule has 0 radical (unpaired) electrons. The zero-order chi connectivity index (χ0) is 13.5. The number of halogens is 1. The molecule has 0 aliphatic rings. The first-order valence-electron chi connectivity index (χ1n) is 6.35. The van der Waals surface area contributed by atoms with E-state index in [0.29, 0.717) is 0 Å². The van der Waals surface area contributed by atoms with Crippen LogP contribution in [0.2, 0.25) is 0 Å². The predicted molar refractivity (Wildman–Crippen MR) is 79.7 cm³/mol. The maximum Gasteiger partial charge on any atom is 0.0593 e. The van der Waals surface area contributed by atoms with Crippen LogP contribution in [0.25, 0.3) is 0 Å². The normalized spacial score (nSPS) is 14.8. The van der Waals surface area contributed by atoms with Crippen LogP contribution in [0.15, 0.2) is 28.7 Å². The van der Waals surface area contributed by atoms with E-state index in [9.17, 15) is 0 Å². The molecule has 4 heteroatoms. The molecule has 0 saturated carbocycles. The van der Waals surface area contributed by atoms with Crippen molar-refractivity contribution >= 4 is 15.9 Å². The molecule has 0 heterocycles. The van der Waals surface area contributed by atoms with E-state index in [1.165, 1.54) is 5.56 Å². The van der Waals surface area contributed by atoms with Gasteiger partial charge >= 0.3 is 0 Å². The number of nitrogens with two attached hydrogens (primary N) is 1. The second-order valence-corrected chi connectivity index (χ2v) is 5.45. The van der Waals surface area contributed by atoms with Crippen LogP contribution in [-0.4, -0.2) is 37.7 Å². The second-order valence-electron chi connectivity index (χ2n) is 4.54. The number of ether oxygens (including phenoxy) is 1. The lowest BCUT2D eigenvalue weighted by molar-refractivity contribution is 0.102. The van der Waals surface area contributed by atoms with Gasteiger partial charge in [0.05, 0.1) is 6.61 Å². The summed E-state index contributed by atoms with van der Waals surface area (Å²) < 4.78 is 6.49. The van der Waals surface area contributed by atoms with Gasteiger partial charge in [0, 0.05) is 29.7 Å². The van der Waals surface area contributed by atoms with Crippen molar-refractivity contribution in [3.63, 3.8) is 0 Å². The molecule has 0 aliphatic carbocycles. The van der Waals surface area contributed by atoms with Gasteiger partial charge in [-0.2, -0.15) is 0 Å². The van der Waals surface area contributed by atoms with E-state index in [4.69, 9.17) is 10.5 Å². The van der Waals surface area contributed by atoms with Crippen molar-refractivity contribution in [2.75, 3.05) is 26.8 Å². The molecule has 0 spiro atoms. The number of benzene rings is 1. The van der Waals surface area contributed by atoms with Gasteiger partial charge in [-0.1, -0.05) is 28.1 Å². The van der Waals surface area contributed by atoms with E-state index < -0.39 is 0 Å². The third-order valence-electron chi connectivity index (χ3n) is 2.96. The molecule has 0 aromatic heterocycles. The standard InChI is InChI=1S/C14H23BrN2O/c1-4-18-9-8-17(3)14(11(2)16)12-6-5-7-13(15)10-12/h5-7,10-11,14H,4,8-9,16H2,1-3H3. The molecule has 0 amide bonds. The smallest absolute Gasteiger partial charge is 0.0593 e. The Bertz CT molecular complexity index is 357. The zero-order valence-corrected chi connectivity index (χ0v) is 13.0. The van der Waals surface area contributed by atoms with Gasteiger partial charge in [0.15, 0.2) is 0 Å². The van der Waals surface area contributed by atoms with Crippen molar-refractivity contribution in [3.05, 3.63) is 34.3 Å². The van der Waals surface area contributed by atoms with Crippen LogP contribution in [-0.2, 0) is 4.74 Å². The van der Waals surface area contributed by atoms with Gasteiger partial charge < -0.3 is 10.5 Å². The lowest BCUT2D eigenvalue weighted by Gasteiger charge is -2.31. The summed E-state index contributed by atoms with van der Waals surface area (Å²) in [4.78, 5) is 2.25. The Morgan fingerprint density at radius 3 is 2.72 bits per heavy atom. The molecule has 1 aromatic carbocycles. The Morgan fingerprint density at radius 2 is 2.17 bits per heavy atom. The molecule has 0 saturated heterocycles. The number of rotatable bonds is 7. The van der Waals surface area contributed by atoms with Crippen LogP contribution in [0, 0.1) is 0 Å². The topological polar surface area (TPSA) is 38.5 Å². The highest BCUT2D eigenvalue weighted by molar-refractivity contribution is 9.10. The van der Waals surface area contributed by atoms with Crippen LogP contribution in [0.3, 0.4) is 0 Å². The fraction of sp³-hybridized carbons (Fsp3) is 0.571. The van der Waals surface area contributed by atoms with Gasteiger partial charge in [0.1, 0.15) is 0 Å². The quantitative estimate of drug-likeness (QED) is 0.786. The van der Waals surface area contributed by atoms with Crippen molar-refractivity contribution in [1.29, 1.82) is 0 Å². The maximum absolute atomic E-state index is 6.13. The van der Waals surface area contributed by atoms with E-state index in [-0.39, 0.29) is 12.1 Å². The average molecular weight is 315 g/mol. The van der Waals surface area contributed by atoms with Crippen LogP contribution < -0.4 is 5.73 Å². The molecular weight excluding hydrogens is 292 g/mol. The van der Waals surface area contributed by atoms with Gasteiger partial charge in [-0.15, -0.1) is 0 Å². The molecule has 0 aliphatic heterocycles. The van der Waals surface area contributed by atoms with Crippen LogP contribution >= 0.6 is 15.9 Å². The van der Waals surface area contributed by atoms with E-state index in [0.717, 1.165) is 24.2 Å². The van der Waals surface area contributed by atoms with Crippen LogP contribution in [0.1, 0.15) is 25.5 Å². The molecule has 1 rings (SSSR count). The van der Waals surface area contributed by atoms with E-state index in [2.05, 4.69) is 40.0 Å². The third-order valence-corrected chi connectivity index (χ3v) is 3.45. The minimum Gasteiger partial charge on any atom is -0.380 e. The van der Waals surface area contributed by atoms with Gasteiger partial charge in [-0.3, -0.25) is 4.90 Å². The second kappa shape index (κ2) is 7.89. The summed E-state index contributed by atoms with van der Waals surface area (Å²) >= 11 is 3.51. The molecule has 0 bridgehead atoms. The minimum absolute atomic E-state index is 0.0749. The van der Waals surface area contributed by atoms with E-state index >= 15 is 0 Å². The summed E-state index contributed by atoms with van der Waals surface area (Å²) in [6.07, 6.45) is 0. The van der Waals surface area contributed by atoms with Crippen molar-refractivity contribution in [2.45, 2.75) is 25.9 Å². The van der Waals surface area contributed by atoms with E-state index in [1.54, 1.807) is 0 Å². The highest BCUT2D eigenvalue weighted by atomic mass is 79.9. The largest absolute Gasteiger partial charge is 0.380 e. The Hall–Kier alpha value is -0.420. The Kier molecular flexibility index (Phi) is 6.86. The Morgan fingerprint density at radius 1 is 1.44 bits per heavy atom. The summed E-state index contributed by atoms with van der Waals surface area (Å²) in [5.74, 6) is 0. The third kappa shape index (κ3) is 4.69. The fourth-order valence-electron chi connectivity index (χ4n) is 2.14. The lowest BCUT2D eigenvalue weighted by Crippen LogP contribution is -2.38. The molecule has 0 fully saturated rings. The number of hydrogen-bond donors (Lipinski definition) is 1. The zero-order valence-electron chi connectivity index (χ0n) is 11.4. The molecule has 3 nitrogen and oxygen atoms in total. The number of likely N-dealkylation sites (N-methyl/N-ethyl adjacent to an activating group) is 1. The molecule has 1 aromatic rings. The fourth-order valence-corrected chi connectivity index (χ4v) is 2.56. The van der Waals surface area contributed by atoms with Crippen LogP contribution in [0.4, 0.5) is 0 Å². The summed E-state index contributed by atoms with van der Waals surface area (Å²) in [5, 5.41) is 0. The SMILES string of the molecule is CCOCCN(C)C(c1cccc(Br)c1)C(C)N. The van der Waals surface area contributed by atoms with Gasteiger partial charge in [-0.25, -0.2) is 0 Å². The van der Waals surface area contributed by atoms with Crippen molar-refractivity contribution in [2.24, 2.45) is 5.73 Å². The maximum atomic E-state index is 6.13. The summed E-state index contributed by atoms with van der Waals surface area (Å²) in [6.45, 7) is 6.43. The first-order valence-corrected chi connectivity index (χ1v) is 7.14. The van der Waals surface area contributed by atoms with Gasteiger partial charge in [0.2, 0.25) is 0 Å². The molecule has 2 atom stereocenters. The monoisotopic (exact) mass is 314 g/mol. The molecule has 2 N–H and O–H groups in total. The first-order chi connectivity index (χ1) is 8.56. The molecule has 18 heavy (non-hydrogen) atoms. The molecule has 102 valence electrons. The van der Waals surface area contributed by atoms with Crippen molar-refractivity contribution in [1.82, 2.24) is 4.90 Å². The van der Waals surface area contributed by atoms with Gasteiger partial charge in [-0.05, 0) is 38.6 Å². The molecular formula is C14H23BrN2O. The number of hydrogen-bond acceptors (Lipinski definition) is 3. The van der Waals surface area contributed by atoms with Crippen molar-refractivity contribution in [3.8, 4) is 0 Å². The Labute approximate surface area is 118 Å². The van der Waals surface area contributed by atoms with E-state index in [1.807, 2.05) is 26.0 Å². The van der Waals surface area contributed by atoms with Gasteiger partial charge in [0.25, 0.3) is 0 Å². The Balaban J connectivity index is 2.76. The number of nitrogens with zero attached hydrogens (tertiary/aromatic N) is 1. The predicted octanol–water partition coefficient (Wildman–Crippen LogP) is 2.81. The summed E-state index contributed by atoms with van der Waals surface area (Å²) in [5.41, 5.74) is 7.36. The summed E-state index contributed by atoms with van der Waals surface area (Å²) in [7, 11) is 2.09. The average Bonchev–Trinajstić information content (AvgIpc) is 2.29.